The molecule has 9 heteroatoms. The average Bonchev–Trinajstić information content (AvgIpc) is 3.06. The van der Waals surface area contributed by atoms with Gasteiger partial charge in [-0.05, 0) is 12.1 Å². The van der Waals surface area contributed by atoms with E-state index < -0.39 is 17.4 Å². The molecule has 3 heterocycles. The van der Waals surface area contributed by atoms with E-state index in [0.717, 1.165) is 18.9 Å². The van der Waals surface area contributed by atoms with Crippen LogP contribution < -0.4 is 10.2 Å². The predicted octanol–water partition coefficient (Wildman–Crippen LogP) is 2.24. The summed E-state index contributed by atoms with van der Waals surface area (Å²) in [6.45, 7) is 2.60. The zero-order valence-electron chi connectivity index (χ0n) is 13.4. The molecule has 2 aliphatic rings. The van der Waals surface area contributed by atoms with Gasteiger partial charge in [0.15, 0.2) is 11.6 Å². The number of ether oxygens (including phenoxy) is 2. The predicted molar refractivity (Wildman–Crippen MR) is 85.5 cm³/mol. The third-order valence-electron chi connectivity index (χ3n) is 4.36. The quantitative estimate of drug-likeness (QED) is 0.911. The van der Waals surface area contributed by atoms with E-state index >= 15 is 0 Å². The Morgan fingerprint density at radius 3 is 2.60 bits per heavy atom. The van der Waals surface area contributed by atoms with Gasteiger partial charge in [0, 0.05) is 32.0 Å². The second-order valence-corrected chi connectivity index (χ2v) is 5.99. The van der Waals surface area contributed by atoms with Crippen LogP contribution in [0.5, 0.6) is 0 Å². The Morgan fingerprint density at radius 2 is 1.88 bits per heavy atom. The molecule has 0 radical (unpaired) electrons. The molecule has 2 aromatic rings. The van der Waals surface area contributed by atoms with Gasteiger partial charge in [0.25, 0.3) is 0 Å². The summed E-state index contributed by atoms with van der Waals surface area (Å²) in [7, 11) is 0. The Labute approximate surface area is 143 Å². The molecule has 0 bridgehead atoms. The highest BCUT2D eigenvalue weighted by Crippen LogP contribution is 2.32. The normalized spacial score (nSPS) is 19.4. The van der Waals surface area contributed by atoms with Gasteiger partial charge in [0.1, 0.15) is 11.6 Å². The van der Waals surface area contributed by atoms with Crippen LogP contribution in [0, 0.1) is 11.6 Å². The number of rotatable bonds is 3. The Balaban J connectivity index is 1.46. The fraction of sp³-hybridized carbons (Fsp3) is 0.438. The van der Waals surface area contributed by atoms with Crippen molar-refractivity contribution in [3.05, 3.63) is 36.0 Å². The lowest BCUT2D eigenvalue weighted by Gasteiger charge is -2.37. The molecule has 0 saturated carbocycles. The molecule has 4 rings (SSSR count). The first kappa shape index (κ1) is 16.1. The monoisotopic (exact) mass is 349 g/mol. The summed E-state index contributed by atoms with van der Waals surface area (Å²) in [6.07, 6.45) is 2.84. The summed E-state index contributed by atoms with van der Waals surface area (Å²) in [5, 5.41) is 10.8. The van der Waals surface area contributed by atoms with Gasteiger partial charge in [0.2, 0.25) is 5.95 Å². The zero-order valence-corrected chi connectivity index (χ0v) is 13.4. The van der Waals surface area contributed by atoms with Crippen LogP contribution in [0.3, 0.4) is 0 Å². The number of anilines is 3. The minimum absolute atomic E-state index is 0.123. The molecular weight excluding hydrogens is 332 g/mol. The van der Waals surface area contributed by atoms with Crippen LogP contribution in [-0.2, 0) is 9.47 Å². The van der Waals surface area contributed by atoms with Crippen LogP contribution >= 0.6 is 0 Å². The smallest absolute Gasteiger partial charge is 0.247 e. The van der Waals surface area contributed by atoms with Crippen LogP contribution in [0.4, 0.5) is 26.2 Å². The summed E-state index contributed by atoms with van der Waals surface area (Å²) in [5.41, 5.74) is 0.123. The molecular formula is C16H17F2N5O2. The molecule has 1 N–H and O–H groups in total. The molecule has 132 valence electrons. The van der Waals surface area contributed by atoms with Gasteiger partial charge in [-0.1, -0.05) is 0 Å². The van der Waals surface area contributed by atoms with Crippen LogP contribution in [-0.4, -0.2) is 47.3 Å². The summed E-state index contributed by atoms with van der Waals surface area (Å²) in [5.74, 6) is -1.03. The van der Waals surface area contributed by atoms with E-state index in [4.69, 9.17) is 9.47 Å². The highest BCUT2D eigenvalue weighted by atomic mass is 19.1. The second kappa shape index (κ2) is 6.49. The van der Waals surface area contributed by atoms with Crippen molar-refractivity contribution in [1.82, 2.24) is 15.2 Å². The highest BCUT2D eigenvalue weighted by Gasteiger charge is 2.40. The third-order valence-corrected chi connectivity index (χ3v) is 4.36. The van der Waals surface area contributed by atoms with Gasteiger partial charge in [-0.3, -0.25) is 0 Å². The van der Waals surface area contributed by atoms with E-state index in [9.17, 15) is 8.78 Å². The first-order chi connectivity index (χ1) is 12.1. The van der Waals surface area contributed by atoms with Gasteiger partial charge in [-0.25, -0.2) is 8.78 Å². The summed E-state index contributed by atoms with van der Waals surface area (Å²) >= 11 is 0. The molecule has 2 fully saturated rings. The van der Waals surface area contributed by atoms with Crippen molar-refractivity contribution in [2.75, 3.05) is 36.5 Å². The fourth-order valence-electron chi connectivity index (χ4n) is 3.05. The number of piperidine rings is 1. The molecule has 2 saturated heterocycles. The largest absolute Gasteiger partial charge is 0.347 e. The van der Waals surface area contributed by atoms with Gasteiger partial charge in [0.05, 0.1) is 25.1 Å². The minimum Gasteiger partial charge on any atom is -0.347 e. The molecule has 0 amide bonds. The number of nitrogens with one attached hydrogen (secondary N) is 1. The van der Waals surface area contributed by atoms with Crippen LogP contribution in [0.1, 0.15) is 12.8 Å². The summed E-state index contributed by atoms with van der Waals surface area (Å²) in [4.78, 5) is 6.35. The number of halogens is 2. The third kappa shape index (κ3) is 3.38. The molecule has 1 aromatic carbocycles. The molecule has 1 spiro atoms. The molecule has 7 nitrogen and oxygen atoms in total. The lowest BCUT2D eigenvalue weighted by Crippen LogP contribution is -2.45. The summed E-state index contributed by atoms with van der Waals surface area (Å²) in [6, 6.07) is 3.29. The minimum atomic E-state index is -0.699. The van der Waals surface area contributed by atoms with Gasteiger partial charge in [-0.2, -0.15) is 10.1 Å². The first-order valence-electron chi connectivity index (χ1n) is 8.08. The number of aromatic nitrogens is 3. The number of benzene rings is 1. The fourth-order valence-corrected chi connectivity index (χ4v) is 3.05. The van der Waals surface area contributed by atoms with Crippen molar-refractivity contribution in [2.24, 2.45) is 0 Å². The maximum atomic E-state index is 13.8. The van der Waals surface area contributed by atoms with Gasteiger partial charge in [-0.15, -0.1) is 5.10 Å². The number of hydrogen-bond donors (Lipinski definition) is 1. The Bertz CT molecular complexity index is 760. The maximum absolute atomic E-state index is 13.8. The van der Waals surface area contributed by atoms with E-state index in [1.165, 1.54) is 18.3 Å². The van der Waals surface area contributed by atoms with E-state index in [1.54, 1.807) is 0 Å². The van der Waals surface area contributed by atoms with E-state index in [2.05, 4.69) is 20.5 Å². The first-order valence-corrected chi connectivity index (χ1v) is 8.08. The Kier molecular flexibility index (Phi) is 4.18. The van der Waals surface area contributed by atoms with Crippen LogP contribution in [0.15, 0.2) is 24.4 Å². The number of hydrogen-bond acceptors (Lipinski definition) is 7. The zero-order chi connectivity index (χ0) is 17.3. The van der Waals surface area contributed by atoms with Crippen molar-refractivity contribution >= 4 is 17.5 Å². The standard InChI is InChI=1S/C16H17F2N5O2/c17-11-1-2-13(12(18)9-11)20-14-10-19-22-15(21-14)23-5-3-16(4-6-23)24-7-8-25-16/h1-2,9-10H,3-8H2,(H,20,21,22). The van der Waals surface area contributed by atoms with Crippen molar-refractivity contribution < 1.29 is 18.3 Å². The topological polar surface area (TPSA) is 72.4 Å². The lowest BCUT2D eigenvalue weighted by molar-refractivity contribution is -0.169. The molecule has 1 aromatic heterocycles. The molecule has 0 aliphatic carbocycles. The van der Waals surface area contributed by atoms with Crippen molar-refractivity contribution in [3.8, 4) is 0 Å². The van der Waals surface area contributed by atoms with Crippen molar-refractivity contribution in [1.29, 1.82) is 0 Å². The second-order valence-electron chi connectivity index (χ2n) is 5.99. The Hall–Kier alpha value is -2.39. The van der Waals surface area contributed by atoms with Gasteiger partial charge < -0.3 is 19.7 Å². The molecule has 0 unspecified atom stereocenters. The lowest BCUT2D eigenvalue weighted by atomic mass is 10.0. The van der Waals surface area contributed by atoms with Crippen LogP contribution in [0.2, 0.25) is 0 Å². The van der Waals surface area contributed by atoms with E-state index in [0.29, 0.717) is 38.1 Å². The average molecular weight is 349 g/mol. The van der Waals surface area contributed by atoms with Crippen LogP contribution in [0.25, 0.3) is 0 Å². The molecule has 2 aliphatic heterocycles. The number of nitrogens with zero attached hydrogens (tertiary/aromatic N) is 4. The van der Waals surface area contributed by atoms with E-state index in [-0.39, 0.29) is 5.69 Å². The van der Waals surface area contributed by atoms with Gasteiger partial charge >= 0.3 is 0 Å². The molecule has 0 atom stereocenters. The summed E-state index contributed by atoms with van der Waals surface area (Å²) < 4.78 is 38.1. The van der Waals surface area contributed by atoms with Crippen molar-refractivity contribution in [3.63, 3.8) is 0 Å². The van der Waals surface area contributed by atoms with Crippen molar-refractivity contribution in [2.45, 2.75) is 18.6 Å². The van der Waals surface area contributed by atoms with E-state index in [1.807, 2.05) is 4.90 Å². The molecule has 25 heavy (non-hydrogen) atoms. The maximum Gasteiger partial charge on any atom is 0.247 e. The Morgan fingerprint density at radius 1 is 1.12 bits per heavy atom. The highest BCUT2D eigenvalue weighted by molar-refractivity contribution is 5.57. The SMILES string of the molecule is Fc1ccc(Nc2cnnc(N3CCC4(CC3)OCCO4)n2)c(F)c1.